The molecule has 0 spiro atoms. The fourth-order valence-corrected chi connectivity index (χ4v) is 2.17. The lowest BCUT2D eigenvalue weighted by Crippen LogP contribution is -2.16. The van der Waals surface area contributed by atoms with E-state index in [1.807, 2.05) is 0 Å². The standard InChI is InChI=1S/C8H14N/c1-2-4-8-6-9-5-7(8)3-1/h7-8H,1-6H2/t7-,8+. The number of hydrogen-bond acceptors (Lipinski definition) is 0. The molecule has 1 nitrogen and oxygen atoms in total. The maximum Gasteiger partial charge on any atom is 0.0164 e. The zero-order chi connectivity index (χ0) is 6.10. The van der Waals surface area contributed by atoms with E-state index in [0.717, 1.165) is 11.8 Å². The SMILES string of the molecule is C1CC[C@H]2C[N]C[C@H]2C1. The average molecular weight is 124 g/mol. The fraction of sp³-hybridized carbons (Fsp3) is 1.00. The van der Waals surface area contributed by atoms with Crippen molar-refractivity contribution in [1.82, 2.24) is 5.32 Å². The van der Waals surface area contributed by atoms with Gasteiger partial charge in [-0.2, -0.15) is 0 Å². The molecule has 2 rings (SSSR count). The maximum atomic E-state index is 4.43. The van der Waals surface area contributed by atoms with Crippen molar-refractivity contribution in [3.63, 3.8) is 0 Å². The van der Waals surface area contributed by atoms with E-state index in [1.54, 1.807) is 0 Å². The van der Waals surface area contributed by atoms with E-state index in [4.69, 9.17) is 0 Å². The highest BCUT2D eigenvalue weighted by Gasteiger charge is 2.29. The molecule has 2 aliphatic rings. The molecule has 2 fully saturated rings. The first-order valence-corrected chi connectivity index (χ1v) is 4.10. The summed E-state index contributed by atoms with van der Waals surface area (Å²) in [6.45, 7) is 2.37. The van der Waals surface area contributed by atoms with Crippen LogP contribution in [0.2, 0.25) is 0 Å². The minimum atomic E-state index is 0.999. The van der Waals surface area contributed by atoms with Crippen LogP contribution in [0.4, 0.5) is 0 Å². The van der Waals surface area contributed by atoms with Crippen LogP contribution < -0.4 is 5.32 Å². The van der Waals surface area contributed by atoms with Gasteiger partial charge in [0.2, 0.25) is 0 Å². The van der Waals surface area contributed by atoms with Gasteiger partial charge in [0.05, 0.1) is 0 Å². The molecule has 2 atom stereocenters. The molecule has 1 saturated carbocycles. The van der Waals surface area contributed by atoms with Crippen LogP contribution in [0, 0.1) is 11.8 Å². The molecular formula is C8H14N. The van der Waals surface area contributed by atoms with Crippen LogP contribution in [0.25, 0.3) is 0 Å². The summed E-state index contributed by atoms with van der Waals surface area (Å²) in [7, 11) is 0. The smallest absolute Gasteiger partial charge is 0.0164 e. The van der Waals surface area contributed by atoms with E-state index in [2.05, 4.69) is 5.32 Å². The Morgan fingerprint density at radius 1 is 0.889 bits per heavy atom. The van der Waals surface area contributed by atoms with Gasteiger partial charge in [0.25, 0.3) is 0 Å². The van der Waals surface area contributed by atoms with E-state index >= 15 is 0 Å². The molecule has 0 N–H and O–H groups in total. The van der Waals surface area contributed by atoms with Gasteiger partial charge in [-0.25, -0.2) is 5.32 Å². The van der Waals surface area contributed by atoms with Crippen molar-refractivity contribution in [2.45, 2.75) is 25.7 Å². The Balaban J connectivity index is 1.97. The molecule has 0 bridgehead atoms. The summed E-state index contributed by atoms with van der Waals surface area (Å²) in [5.41, 5.74) is 0. The predicted octanol–water partition coefficient (Wildman–Crippen LogP) is 1.41. The topological polar surface area (TPSA) is 14.1 Å². The van der Waals surface area contributed by atoms with Gasteiger partial charge >= 0.3 is 0 Å². The Bertz CT molecular complexity index is 88.7. The van der Waals surface area contributed by atoms with E-state index in [9.17, 15) is 0 Å². The molecular weight excluding hydrogens is 110 g/mol. The molecule has 1 aliphatic heterocycles. The molecule has 51 valence electrons. The third-order valence-corrected chi connectivity index (χ3v) is 2.79. The van der Waals surface area contributed by atoms with Gasteiger partial charge in [0.15, 0.2) is 0 Å². The summed E-state index contributed by atoms with van der Waals surface area (Å²) in [4.78, 5) is 0. The molecule has 1 saturated heterocycles. The summed E-state index contributed by atoms with van der Waals surface area (Å²) >= 11 is 0. The van der Waals surface area contributed by atoms with Crippen molar-refractivity contribution in [2.75, 3.05) is 13.1 Å². The quantitative estimate of drug-likeness (QED) is 0.463. The summed E-state index contributed by atoms with van der Waals surface area (Å²) in [5, 5.41) is 4.43. The van der Waals surface area contributed by atoms with Crippen molar-refractivity contribution in [2.24, 2.45) is 11.8 Å². The Kier molecular flexibility index (Phi) is 1.46. The van der Waals surface area contributed by atoms with Crippen molar-refractivity contribution in [3.8, 4) is 0 Å². The second kappa shape index (κ2) is 2.30. The third-order valence-electron chi connectivity index (χ3n) is 2.79. The van der Waals surface area contributed by atoms with Crippen LogP contribution in [0.5, 0.6) is 0 Å². The van der Waals surface area contributed by atoms with Crippen molar-refractivity contribution in [1.29, 1.82) is 0 Å². The largest absolute Gasteiger partial charge is 0.241 e. The molecule has 0 unspecified atom stereocenters. The van der Waals surface area contributed by atoms with Crippen molar-refractivity contribution < 1.29 is 0 Å². The summed E-state index contributed by atoms with van der Waals surface area (Å²) in [6, 6.07) is 0. The highest BCUT2D eigenvalue weighted by molar-refractivity contribution is 4.83. The molecule has 1 aliphatic carbocycles. The minimum Gasteiger partial charge on any atom is -0.241 e. The average Bonchev–Trinajstić information content (AvgIpc) is 2.33. The van der Waals surface area contributed by atoms with Crippen LogP contribution >= 0.6 is 0 Å². The molecule has 0 aromatic carbocycles. The molecule has 0 aromatic heterocycles. The Morgan fingerprint density at radius 2 is 1.44 bits per heavy atom. The van der Waals surface area contributed by atoms with Crippen LogP contribution in [0.15, 0.2) is 0 Å². The van der Waals surface area contributed by atoms with Crippen molar-refractivity contribution >= 4 is 0 Å². The Labute approximate surface area is 56.8 Å². The first-order chi connectivity index (χ1) is 4.47. The zero-order valence-electron chi connectivity index (χ0n) is 5.84. The first-order valence-electron chi connectivity index (χ1n) is 4.10. The van der Waals surface area contributed by atoms with Gasteiger partial charge in [0, 0.05) is 13.1 Å². The first kappa shape index (κ1) is 5.72. The summed E-state index contributed by atoms with van der Waals surface area (Å²) < 4.78 is 0. The lowest BCUT2D eigenvalue weighted by atomic mass is 9.82. The number of fused-ring (bicyclic) bond motifs is 1. The highest BCUT2D eigenvalue weighted by Crippen LogP contribution is 2.32. The molecule has 1 heterocycles. The fourth-order valence-electron chi connectivity index (χ4n) is 2.17. The highest BCUT2D eigenvalue weighted by atomic mass is 14.9. The van der Waals surface area contributed by atoms with Crippen LogP contribution in [-0.4, -0.2) is 13.1 Å². The van der Waals surface area contributed by atoms with Gasteiger partial charge in [-0.05, 0) is 24.7 Å². The Morgan fingerprint density at radius 3 is 2.00 bits per heavy atom. The number of hydrogen-bond donors (Lipinski definition) is 0. The van der Waals surface area contributed by atoms with Crippen LogP contribution in [0.1, 0.15) is 25.7 Å². The van der Waals surface area contributed by atoms with Crippen molar-refractivity contribution in [3.05, 3.63) is 0 Å². The van der Waals surface area contributed by atoms with Gasteiger partial charge in [-0.3, -0.25) is 0 Å². The third kappa shape index (κ3) is 0.983. The maximum absolute atomic E-state index is 4.43. The summed E-state index contributed by atoms with van der Waals surface area (Å²) in [6.07, 6.45) is 5.87. The lowest BCUT2D eigenvalue weighted by Gasteiger charge is -2.22. The second-order valence-electron chi connectivity index (χ2n) is 3.39. The summed E-state index contributed by atoms with van der Waals surface area (Å²) in [5.74, 6) is 2.00. The lowest BCUT2D eigenvalue weighted by molar-refractivity contribution is 0.299. The van der Waals surface area contributed by atoms with Gasteiger partial charge < -0.3 is 0 Å². The molecule has 0 amide bonds. The molecule has 0 aromatic rings. The molecule has 1 heteroatoms. The van der Waals surface area contributed by atoms with E-state index in [1.165, 1.54) is 38.8 Å². The number of nitrogens with zero attached hydrogens (tertiary/aromatic N) is 1. The van der Waals surface area contributed by atoms with Gasteiger partial charge in [-0.1, -0.05) is 12.8 Å². The Hall–Kier alpha value is -0.0400. The normalized spacial score (nSPS) is 42.7. The number of rotatable bonds is 0. The van der Waals surface area contributed by atoms with E-state index in [0.29, 0.717) is 0 Å². The zero-order valence-corrected chi connectivity index (χ0v) is 5.84. The van der Waals surface area contributed by atoms with Crippen LogP contribution in [-0.2, 0) is 0 Å². The van der Waals surface area contributed by atoms with Gasteiger partial charge in [0.1, 0.15) is 0 Å². The van der Waals surface area contributed by atoms with Crippen LogP contribution in [0.3, 0.4) is 0 Å². The molecule has 1 radical (unpaired) electrons. The van der Waals surface area contributed by atoms with E-state index in [-0.39, 0.29) is 0 Å². The molecule has 9 heavy (non-hydrogen) atoms. The predicted molar refractivity (Wildman–Crippen MR) is 37.3 cm³/mol. The second-order valence-corrected chi connectivity index (χ2v) is 3.39. The van der Waals surface area contributed by atoms with Gasteiger partial charge in [-0.15, -0.1) is 0 Å². The minimum absolute atomic E-state index is 0.999. The van der Waals surface area contributed by atoms with E-state index < -0.39 is 0 Å². The monoisotopic (exact) mass is 124 g/mol.